The summed E-state index contributed by atoms with van der Waals surface area (Å²) < 4.78 is 0. The molecule has 144 valence electrons. The van der Waals surface area contributed by atoms with E-state index in [9.17, 15) is 4.79 Å². The van der Waals surface area contributed by atoms with Crippen LogP contribution in [-0.4, -0.2) is 28.9 Å². The molecule has 0 spiro atoms. The van der Waals surface area contributed by atoms with Crippen LogP contribution in [0.4, 0.5) is 0 Å². The number of halogens is 1. The van der Waals surface area contributed by atoms with Gasteiger partial charge >= 0.3 is 0 Å². The standard InChI is InChI=1S/C23H23ClN2OS/c24-20-8-6-19(7-9-20)23-25-21(16-28-23)15-22(27)26-12-10-18(11-13-26)14-17-4-2-1-3-5-17/h1-9,16,18H,10-15H2. The number of carbonyl (C=O) groups excluding carboxylic acids is 1. The van der Waals surface area contributed by atoms with Crippen LogP contribution in [0.15, 0.2) is 60.0 Å². The zero-order valence-electron chi connectivity index (χ0n) is 15.7. The number of amides is 1. The molecule has 0 aliphatic carbocycles. The van der Waals surface area contributed by atoms with Gasteiger partial charge in [0.15, 0.2) is 0 Å². The third-order valence-electron chi connectivity index (χ3n) is 5.31. The van der Waals surface area contributed by atoms with Gasteiger partial charge in [-0.05, 0) is 42.9 Å². The number of likely N-dealkylation sites (tertiary alicyclic amines) is 1. The fourth-order valence-electron chi connectivity index (χ4n) is 3.71. The summed E-state index contributed by atoms with van der Waals surface area (Å²) in [6, 6.07) is 18.3. The second kappa shape index (κ2) is 8.89. The van der Waals surface area contributed by atoms with Gasteiger partial charge < -0.3 is 4.90 Å². The minimum Gasteiger partial charge on any atom is -0.342 e. The first-order chi connectivity index (χ1) is 13.7. The Morgan fingerprint density at radius 2 is 1.79 bits per heavy atom. The molecule has 0 N–H and O–H groups in total. The number of hydrogen-bond acceptors (Lipinski definition) is 3. The Morgan fingerprint density at radius 1 is 1.07 bits per heavy atom. The molecule has 3 aromatic rings. The van der Waals surface area contributed by atoms with Crippen LogP contribution in [0, 0.1) is 5.92 Å². The number of nitrogens with zero attached hydrogens (tertiary/aromatic N) is 2. The fraction of sp³-hybridized carbons (Fsp3) is 0.304. The molecule has 4 rings (SSSR count). The highest BCUT2D eigenvalue weighted by atomic mass is 35.5. The zero-order chi connectivity index (χ0) is 19.3. The van der Waals surface area contributed by atoms with Gasteiger partial charge in [0.1, 0.15) is 5.01 Å². The maximum atomic E-state index is 12.7. The van der Waals surface area contributed by atoms with Gasteiger partial charge in [-0.1, -0.05) is 54.1 Å². The molecule has 28 heavy (non-hydrogen) atoms. The third-order valence-corrected chi connectivity index (χ3v) is 6.50. The topological polar surface area (TPSA) is 33.2 Å². The van der Waals surface area contributed by atoms with Crippen LogP contribution in [0.25, 0.3) is 10.6 Å². The van der Waals surface area contributed by atoms with Gasteiger partial charge in [0.05, 0.1) is 12.1 Å². The number of benzene rings is 2. The Morgan fingerprint density at radius 3 is 2.50 bits per heavy atom. The lowest BCUT2D eigenvalue weighted by Gasteiger charge is -2.32. The van der Waals surface area contributed by atoms with E-state index in [2.05, 4.69) is 35.3 Å². The number of thiazole rings is 1. The quantitative estimate of drug-likeness (QED) is 0.557. The molecule has 0 atom stereocenters. The average Bonchev–Trinajstić information content (AvgIpc) is 3.18. The second-order valence-electron chi connectivity index (χ2n) is 7.34. The van der Waals surface area contributed by atoms with Crippen molar-refractivity contribution in [2.75, 3.05) is 13.1 Å². The van der Waals surface area contributed by atoms with Gasteiger partial charge in [-0.2, -0.15) is 0 Å². The lowest BCUT2D eigenvalue weighted by atomic mass is 9.90. The minimum atomic E-state index is 0.186. The Labute approximate surface area is 175 Å². The van der Waals surface area contributed by atoms with Crippen molar-refractivity contribution in [2.45, 2.75) is 25.7 Å². The van der Waals surface area contributed by atoms with E-state index in [0.717, 1.165) is 48.6 Å². The Bertz CT molecular complexity index is 915. The van der Waals surface area contributed by atoms with Gasteiger partial charge in [0.2, 0.25) is 5.91 Å². The lowest BCUT2D eigenvalue weighted by Crippen LogP contribution is -2.39. The van der Waals surface area contributed by atoms with Gasteiger partial charge in [-0.25, -0.2) is 4.98 Å². The van der Waals surface area contributed by atoms with Crippen molar-refractivity contribution >= 4 is 28.8 Å². The fourth-order valence-corrected chi connectivity index (χ4v) is 4.67. The average molecular weight is 411 g/mol. The molecular weight excluding hydrogens is 388 g/mol. The number of piperidine rings is 1. The van der Waals surface area contributed by atoms with Crippen molar-refractivity contribution in [3.8, 4) is 10.6 Å². The van der Waals surface area contributed by atoms with Crippen molar-refractivity contribution < 1.29 is 4.79 Å². The Kier molecular flexibility index (Phi) is 6.08. The second-order valence-corrected chi connectivity index (χ2v) is 8.64. The predicted molar refractivity (Wildman–Crippen MR) is 116 cm³/mol. The lowest BCUT2D eigenvalue weighted by molar-refractivity contribution is -0.131. The highest BCUT2D eigenvalue weighted by molar-refractivity contribution is 7.13. The van der Waals surface area contributed by atoms with Crippen molar-refractivity contribution in [3.05, 3.63) is 76.3 Å². The number of carbonyl (C=O) groups is 1. The van der Waals surface area contributed by atoms with Gasteiger partial charge in [0, 0.05) is 29.1 Å². The van der Waals surface area contributed by atoms with E-state index in [0.29, 0.717) is 17.4 Å². The summed E-state index contributed by atoms with van der Waals surface area (Å²) >= 11 is 7.52. The van der Waals surface area contributed by atoms with Gasteiger partial charge in [0.25, 0.3) is 0 Å². The van der Waals surface area contributed by atoms with Crippen LogP contribution in [0.3, 0.4) is 0 Å². The normalized spacial score (nSPS) is 15.0. The van der Waals surface area contributed by atoms with E-state index in [-0.39, 0.29) is 5.91 Å². The SMILES string of the molecule is O=C(Cc1csc(-c2ccc(Cl)cc2)n1)N1CCC(Cc2ccccc2)CC1. The molecule has 2 aromatic carbocycles. The summed E-state index contributed by atoms with van der Waals surface area (Å²) in [6.45, 7) is 1.70. The van der Waals surface area contributed by atoms with E-state index < -0.39 is 0 Å². The first-order valence-corrected chi connectivity index (χ1v) is 10.9. The molecular formula is C23H23ClN2OS. The molecule has 2 heterocycles. The summed E-state index contributed by atoms with van der Waals surface area (Å²) in [5, 5.41) is 3.64. The third kappa shape index (κ3) is 4.81. The van der Waals surface area contributed by atoms with Crippen LogP contribution in [-0.2, 0) is 17.6 Å². The van der Waals surface area contributed by atoms with E-state index in [1.54, 1.807) is 11.3 Å². The van der Waals surface area contributed by atoms with Crippen LogP contribution in [0.5, 0.6) is 0 Å². The molecule has 0 radical (unpaired) electrons. The number of hydrogen-bond donors (Lipinski definition) is 0. The molecule has 1 aliphatic rings. The van der Waals surface area contributed by atoms with E-state index in [4.69, 9.17) is 11.6 Å². The molecule has 0 bridgehead atoms. The van der Waals surface area contributed by atoms with Crippen LogP contribution in [0.2, 0.25) is 5.02 Å². The molecule has 1 aromatic heterocycles. The minimum absolute atomic E-state index is 0.186. The van der Waals surface area contributed by atoms with E-state index >= 15 is 0 Å². The van der Waals surface area contributed by atoms with E-state index in [1.807, 2.05) is 34.5 Å². The maximum absolute atomic E-state index is 12.7. The summed E-state index contributed by atoms with van der Waals surface area (Å²) in [5.74, 6) is 0.855. The summed E-state index contributed by atoms with van der Waals surface area (Å²) in [7, 11) is 0. The van der Waals surface area contributed by atoms with Crippen molar-refractivity contribution in [3.63, 3.8) is 0 Å². The van der Waals surface area contributed by atoms with Crippen molar-refractivity contribution in [2.24, 2.45) is 5.92 Å². The zero-order valence-corrected chi connectivity index (χ0v) is 17.3. The molecule has 5 heteroatoms. The molecule has 1 aliphatic heterocycles. The summed E-state index contributed by atoms with van der Waals surface area (Å²) in [4.78, 5) is 19.3. The molecule has 0 saturated carbocycles. The Hall–Kier alpha value is -2.17. The number of rotatable bonds is 5. The van der Waals surface area contributed by atoms with Crippen LogP contribution >= 0.6 is 22.9 Å². The van der Waals surface area contributed by atoms with Gasteiger partial charge in [-0.15, -0.1) is 11.3 Å². The van der Waals surface area contributed by atoms with Crippen molar-refractivity contribution in [1.29, 1.82) is 0 Å². The smallest absolute Gasteiger partial charge is 0.228 e. The van der Waals surface area contributed by atoms with Gasteiger partial charge in [-0.3, -0.25) is 4.79 Å². The van der Waals surface area contributed by atoms with Crippen LogP contribution in [0.1, 0.15) is 24.1 Å². The van der Waals surface area contributed by atoms with Crippen molar-refractivity contribution in [1.82, 2.24) is 9.88 Å². The highest BCUT2D eigenvalue weighted by Gasteiger charge is 2.23. The first kappa shape index (κ1) is 19.2. The largest absolute Gasteiger partial charge is 0.342 e. The molecule has 0 unspecified atom stereocenters. The molecule has 1 fully saturated rings. The summed E-state index contributed by atoms with van der Waals surface area (Å²) in [6.07, 6.45) is 3.65. The summed E-state index contributed by atoms with van der Waals surface area (Å²) in [5.41, 5.74) is 3.28. The Balaban J connectivity index is 1.29. The highest BCUT2D eigenvalue weighted by Crippen LogP contribution is 2.26. The first-order valence-electron chi connectivity index (χ1n) is 9.69. The molecule has 1 saturated heterocycles. The molecule has 1 amide bonds. The monoisotopic (exact) mass is 410 g/mol. The maximum Gasteiger partial charge on any atom is 0.228 e. The van der Waals surface area contributed by atoms with E-state index in [1.165, 1.54) is 5.56 Å². The van der Waals surface area contributed by atoms with Crippen LogP contribution < -0.4 is 0 Å². The number of aromatic nitrogens is 1. The predicted octanol–water partition coefficient (Wildman–Crippen LogP) is 5.49. The molecule has 3 nitrogen and oxygen atoms in total.